The van der Waals surface area contributed by atoms with Crippen LogP contribution in [-0.4, -0.2) is 9.91 Å². The van der Waals surface area contributed by atoms with Crippen LogP contribution >= 0.6 is 27.7 Å². The van der Waals surface area contributed by atoms with Crippen LogP contribution in [0.15, 0.2) is 27.7 Å². The van der Waals surface area contributed by atoms with E-state index in [1.807, 2.05) is 13.0 Å². The zero-order valence-corrected chi connectivity index (χ0v) is 14.6. The lowest BCUT2D eigenvalue weighted by Crippen LogP contribution is -2.43. The third-order valence-electron chi connectivity index (χ3n) is 4.62. The van der Waals surface area contributed by atoms with Crippen molar-refractivity contribution in [3.8, 4) is 0 Å². The SMILES string of the molecule is C[C@@]1(c2cc(Br)ccc2F)CC2(CCCCC2)SC(N)=N1. The highest BCUT2D eigenvalue weighted by molar-refractivity contribution is 9.10. The third kappa shape index (κ3) is 3.00. The van der Waals surface area contributed by atoms with E-state index in [2.05, 4.69) is 20.9 Å². The van der Waals surface area contributed by atoms with Crippen LogP contribution < -0.4 is 5.73 Å². The number of hydrogen-bond donors (Lipinski definition) is 1. The first kappa shape index (κ1) is 15.3. The lowest BCUT2D eigenvalue weighted by Gasteiger charge is -2.45. The quantitative estimate of drug-likeness (QED) is 0.758. The van der Waals surface area contributed by atoms with E-state index in [4.69, 9.17) is 5.73 Å². The molecule has 0 unspecified atom stereocenters. The molecule has 1 aliphatic carbocycles. The maximum absolute atomic E-state index is 14.3. The number of rotatable bonds is 1. The fraction of sp³-hybridized carbons (Fsp3) is 0.562. The molecule has 0 amide bonds. The fourth-order valence-electron chi connectivity index (χ4n) is 3.73. The molecule has 0 bridgehead atoms. The number of thioether (sulfide) groups is 1. The predicted octanol–water partition coefficient (Wildman–Crippen LogP) is 4.96. The number of nitrogens with zero attached hydrogens (tertiary/aromatic N) is 1. The van der Waals surface area contributed by atoms with E-state index < -0.39 is 5.54 Å². The van der Waals surface area contributed by atoms with Gasteiger partial charge in [0.2, 0.25) is 0 Å². The number of halogens is 2. The van der Waals surface area contributed by atoms with Gasteiger partial charge in [-0.2, -0.15) is 0 Å². The van der Waals surface area contributed by atoms with Gasteiger partial charge >= 0.3 is 0 Å². The van der Waals surface area contributed by atoms with E-state index in [1.165, 1.54) is 25.3 Å². The lowest BCUT2D eigenvalue weighted by atomic mass is 9.76. The molecule has 0 aromatic heterocycles. The lowest BCUT2D eigenvalue weighted by molar-refractivity contribution is 0.297. The van der Waals surface area contributed by atoms with Crippen molar-refractivity contribution in [3.63, 3.8) is 0 Å². The number of aliphatic imine (C=N–C) groups is 1. The maximum atomic E-state index is 14.3. The average Bonchev–Trinajstić information content (AvgIpc) is 2.41. The van der Waals surface area contributed by atoms with Crippen LogP contribution in [0.1, 0.15) is 51.0 Å². The minimum absolute atomic E-state index is 0.133. The van der Waals surface area contributed by atoms with Crippen LogP contribution in [0.3, 0.4) is 0 Å². The Morgan fingerprint density at radius 3 is 2.71 bits per heavy atom. The van der Waals surface area contributed by atoms with E-state index in [0.717, 1.165) is 23.7 Å². The Hall–Kier alpha value is -0.550. The highest BCUT2D eigenvalue weighted by atomic mass is 79.9. The van der Waals surface area contributed by atoms with Gasteiger partial charge in [-0.1, -0.05) is 47.0 Å². The molecule has 2 nitrogen and oxygen atoms in total. The summed E-state index contributed by atoms with van der Waals surface area (Å²) in [5.41, 5.74) is 6.19. The Kier molecular flexibility index (Phi) is 4.08. The summed E-state index contributed by atoms with van der Waals surface area (Å²) in [7, 11) is 0. The molecule has 1 aromatic rings. The molecule has 114 valence electrons. The van der Waals surface area contributed by atoms with Crippen molar-refractivity contribution in [3.05, 3.63) is 34.1 Å². The highest BCUT2D eigenvalue weighted by Gasteiger charge is 2.46. The molecule has 1 aliphatic heterocycles. The smallest absolute Gasteiger partial charge is 0.155 e. The van der Waals surface area contributed by atoms with Crippen LogP contribution in [-0.2, 0) is 5.54 Å². The summed E-state index contributed by atoms with van der Waals surface area (Å²) in [5.74, 6) is -0.199. The number of benzene rings is 1. The summed E-state index contributed by atoms with van der Waals surface area (Å²) in [6.07, 6.45) is 6.92. The van der Waals surface area contributed by atoms with E-state index in [0.29, 0.717) is 10.7 Å². The maximum Gasteiger partial charge on any atom is 0.155 e. The molecular weight excluding hydrogens is 351 g/mol. The molecule has 1 aromatic carbocycles. The molecule has 1 saturated carbocycles. The van der Waals surface area contributed by atoms with Gasteiger partial charge in [-0.25, -0.2) is 4.39 Å². The van der Waals surface area contributed by atoms with Crippen molar-refractivity contribution < 1.29 is 4.39 Å². The molecule has 2 aliphatic rings. The zero-order chi connectivity index (χ0) is 15.1. The molecule has 1 atom stereocenters. The van der Waals surface area contributed by atoms with Crippen LogP contribution in [0, 0.1) is 5.82 Å². The minimum atomic E-state index is -0.569. The van der Waals surface area contributed by atoms with Gasteiger partial charge in [-0.15, -0.1) is 0 Å². The topological polar surface area (TPSA) is 38.4 Å². The second kappa shape index (κ2) is 5.58. The molecule has 5 heteroatoms. The van der Waals surface area contributed by atoms with Crippen LogP contribution in [0.5, 0.6) is 0 Å². The molecule has 2 N–H and O–H groups in total. The Bertz CT molecular complexity index is 584. The monoisotopic (exact) mass is 370 g/mol. The standard InChI is InChI=1S/C16H20BrFN2S/c1-15(12-9-11(17)5-6-13(12)18)10-16(21-14(19)20-15)7-3-2-4-8-16/h5-6,9H,2-4,7-8,10H2,1H3,(H2,19,20)/t15-/m0/s1. The van der Waals surface area contributed by atoms with Gasteiger partial charge in [0, 0.05) is 14.8 Å². The molecule has 0 saturated heterocycles. The summed E-state index contributed by atoms with van der Waals surface area (Å²) in [5, 5.41) is 0.602. The molecule has 1 spiro atoms. The fourth-order valence-corrected chi connectivity index (χ4v) is 5.63. The van der Waals surface area contributed by atoms with E-state index >= 15 is 0 Å². The van der Waals surface area contributed by atoms with Crippen molar-refractivity contribution in [2.75, 3.05) is 0 Å². The van der Waals surface area contributed by atoms with Crippen molar-refractivity contribution in [1.82, 2.24) is 0 Å². The van der Waals surface area contributed by atoms with Gasteiger partial charge in [0.05, 0.1) is 5.54 Å². The van der Waals surface area contributed by atoms with Gasteiger partial charge in [0.25, 0.3) is 0 Å². The van der Waals surface area contributed by atoms with Gasteiger partial charge in [0.15, 0.2) is 5.17 Å². The van der Waals surface area contributed by atoms with Crippen LogP contribution in [0.25, 0.3) is 0 Å². The second-order valence-electron chi connectivity index (χ2n) is 6.37. The van der Waals surface area contributed by atoms with Gasteiger partial charge in [-0.3, -0.25) is 4.99 Å². The number of nitrogens with two attached hydrogens (primary N) is 1. The number of amidine groups is 1. The summed E-state index contributed by atoms with van der Waals surface area (Å²) >= 11 is 5.15. The molecule has 3 rings (SSSR count). The Morgan fingerprint density at radius 1 is 1.29 bits per heavy atom. The van der Waals surface area contributed by atoms with Crippen molar-refractivity contribution in [2.24, 2.45) is 10.7 Å². The van der Waals surface area contributed by atoms with E-state index in [1.54, 1.807) is 17.8 Å². The molecular formula is C16H20BrFN2S. The molecule has 21 heavy (non-hydrogen) atoms. The minimum Gasteiger partial charge on any atom is -0.378 e. The summed E-state index contributed by atoms with van der Waals surface area (Å²) < 4.78 is 15.4. The van der Waals surface area contributed by atoms with Gasteiger partial charge in [0.1, 0.15) is 5.82 Å². The average molecular weight is 371 g/mol. The Morgan fingerprint density at radius 2 is 2.00 bits per heavy atom. The Balaban J connectivity index is 2.03. The summed E-state index contributed by atoms with van der Waals surface area (Å²) in [4.78, 5) is 4.63. The Labute approximate surface area is 137 Å². The van der Waals surface area contributed by atoms with Gasteiger partial charge in [-0.05, 0) is 44.4 Å². The van der Waals surface area contributed by atoms with Crippen LogP contribution in [0.2, 0.25) is 0 Å². The number of hydrogen-bond acceptors (Lipinski definition) is 3. The molecule has 0 radical (unpaired) electrons. The van der Waals surface area contributed by atoms with Crippen molar-refractivity contribution in [2.45, 2.75) is 55.7 Å². The first-order chi connectivity index (χ1) is 9.92. The largest absolute Gasteiger partial charge is 0.378 e. The molecule has 1 fully saturated rings. The molecule has 1 heterocycles. The van der Waals surface area contributed by atoms with E-state index in [-0.39, 0.29) is 10.6 Å². The first-order valence-corrected chi connectivity index (χ1v) is 9.03. The second-order valence-corrected chi connectivity index (χ2v) is 8.77. The summed E-state index contributed by atoms with van der Waals surface area (Å²) in [6.45, 7) is 2.01. The normalized spacial score (nSPS) is 28.4. The summed E-state index contributed by atoms with van der Waals surface area (Å²) in [6, 6.07) is 5.08. The zero-order valence-electron chi connectivity index (χ0n) is 12.2. The highest BCUT2D eigenvalue weighted by Crippen LogP contribution is 2.52. The van der Waals surface area contributed by atoms with Crippen molar-refractivity contribution in [1.29, 1.82) is 0 Å². The van der Waals surface area contributed by atoms with E-state index in [9.17, 15) is 4.39 Å². The predicted molar refractivity (Wildman–Crippen MR) is 91.1 cm³/mol. The van der Waals surface area contributed by atoms with Crippen molar-refractivity contribution >= 4 is 32.9 Å². The van der Waals surface area contributed by atoms with Gasteiger partial charge < -0.3 is 5.73 Å². The first-order valence-electron chi connectivity index (χ1n) is 7.42. The third-order valence-corrected chi connectivity index (χ3v) is 6.40. The van der Waals surface area contributed by atoms with Crippen LogP contribution in [0.4, 0.5) is 4.39 Å².